The van der Waals surface area contributed by atoms with Gasteiger partial charge in [-0.15, -0.1) is 0 Å². The van der Waals surface area contributed by atoms with E-state index in [2.05, 4.69) is 19.2 Å². The van der Waals surface area contributed by atoms with Crippen LogP contribution < -0.4 is 10.1 Å². The van der Waals surface area contributed by atoms with Gasteiger partial charge in [0.25, 0.3) is 5.91 Å². The van der Waals surface area contributed by atoms with Crippen molar-refractivity contribution in [1.82, 2.24) is 15.1 Å². The van der Waals surface area contributed by atoms with Crippen molar-refractivity contribution in [2.75, 3.05) is 0 Å². The lowest BCUT2D eigenvalue weighted by Gasteiger charge is -2.15. The summed E-state index contributed by atoms with van der Waals surface area (Å²) in [6, 6.07) is 27.1. The Morgan fingerprint density at radius 3 is 2.46 bits per heavy atom. The van der Waals surface area contributed by atoms with E-state index in [0.29, 0.717) is 17.3 Å². The van der Waals surface area contributed by atoms with Crippen molar-refractivity contribution in [3.63, 3.8) is 0 Å². The van der Waals surface area contributed by atoms with Crippen LogP contribution in [0.3, 0.4) is 0 Å². The largest absolute Gasteiger partial charge is 0.485 e. The average molecular weight is 540 g/mol. The Balaban J connectivity index is 1.28. The lowest BCUT2D eigenvalue weighted by atomic mass is 10.0. The van der Waals surface area contributed by atoms with Gasteiger partial charge in [-0.05, 0) is 60.4 Å². The molecule has 39 heavy (non-hydrogen) atoms. The molecule has 0 spiro atoms. The fraction of sp³-hybridized carbons (Fsp3) is 0.188. The molecule has 0 aliphatic rings. The van der Waals surface area contributed by atoms with Gasteiger partial charge >= 0.3 is 0 Å². The number of aromatic nitrogens is 2. The topological polar surface area (TPSA) is 69.3 Å². The summed E-state index contributed by atoms with van der Waals surface area (Å²) in [6.45, 7) is 6.63. The summed E-state index contributed by atoms with van der Waals surface area (Å²) in [5.74, 6) is 1.49. The van der Waals surface area contributed by atoms with Crippen LogP contribution in [0.1, 0.15) is 52.8 Å². The number of nitrogens with one attached hydrogen (secondary N) is 1. The molecule has 0 saturated heterocycles. The van der Waals surface area contributed by atoms with Crippen molar-refractivity contribution in [2.24, 2.45) is 0 Å². The van der Waals surface area contributed by atoms with E-state index >= 15 is 0 Å². The Hall–Kier alpha value is -4.29. The number of amides is 1. The van der Waals surface area contributed by atoms with Crippen LogP contribution in [0.2, 0.25) is 5.02 Å². The van der Waals surface area contributed by atoms with E-state index in [1.807, 2.05) is 90.6 Å². The summed E-state index contributed by atoms with van der Waals surface area (Å²) in [4.78, 5) is 13.0. The Morgan fingerprint density at radius 1 is 1.03 bits per heavy atom. The number of hydrogen-bond donors (Lipinski definition) is 1. The molecule has 5 rings (SSSR count). The number of hydrogen-bond acceptors (Lipinski definition) is 4. The number of rotatable bonds is 9. The lowest BCUT2D eigenvalue weighted by Crippen LogP contribution is -2.22. The maximum Gasteiger partial charge on any atom is 0.287 e. The molecule has 0 unspecified atom stereocenters. The highest BCUT2D eigenvalue weighted by Gasteiger charge is 2.17. The minimum Gasteiger partial charge on any atom is -0.485 e. The second kappa shape index (κ2) is 11.6. The van der Waals surface area contributed by atoms with Crippen molar-refractivity contribution in [3.05, 3.63) is 124 Å². The van der Waals surface area contributed by atoms with Crippen molar-refractivity contribution in [1.29, 1.82) is 0 Å². The van der Waals surface area contributed by atoms with Crippen molar-refractivity contribution in [2.45, 2.75) is 39.8 Å². The predicted molar refractivity (Wildman–Crippen MR) is 153 cm³/mol. The van der Waals surface area contributed by atoms with Gasteiger partial charge in [0.05, 0.1) is 11.4 Å². The average Bonchev–Trinajstić information content (AvgIpc) is 3.61. The first-order valence-corrected chi connectivity index (χ1v) is 13.3. The smallest absolute Gasteiger partial charge is 0.287 e. The van der Waals surface area contributed by atoms with Crippen LogP contribution >= 0.6 is 11.6 Å². The molecule has 1 N–H and O–H groups in total. The van der Waals surface area contributed by atoms with Gasteiger partial charge in [-0.1, -0.05) is 74.0 Å². The highest BCUT2D eigenvalue weighted by molar-refractivity contribution is 6.31. The van der Waals surface area contributed by atoms with E-state index in [0.717, 1.165) is 39.4 Å². The van der Waals surface area contributed by atoms with E-state index in [9.17, 15) is 4.79 Å². The molecule has 2 aromatic heterocycles. The summed E-state index contributed by atoms with van der Waals surface area (Å²) in [5, 5.41) is 8.50. The van der Waals surface area contributed by atoms with Crippen molar-refractivity contribution < 1.29 is 13.9 Å². The van der Waals surface area contributed by atoms with Crippen LogP contribution in [0, 0.1) is 6.92 Å². The van der Waals surface area contributed by atoms with E-state index in [1.54, 1.807) is 12.1 Å². The van der Waals surface area contributed by atoms with Gasteiger partial charge in [-0.2, -0.15) is 5.10 Å². The summed E-state index contributed by atoms with van der Waals surface area (Å²) < 4.78 is 13.7. The zero-order valence-corrected chi connectivity index (χ0v) is 22.9. The van der Waals surface area contributed by atoms with Crippen molar-refractivity contribution in [3.8, 4) is 22.7 Å². The molecule has 5 aromatic rings. The Morgan fingerprint density at radius 2 is 1.74 bits per heavy atom. The van der Waals surface area contributed by atoms with Gasteiger partial charge < -0.3 is 14.5 Å². The summed E-state index contributed by atoms with van der Waals surface area (Å²) >= 11 is 6.31. The van der Waals surface area contributed by atoms with Crippen LogP contribution in [-0.4, -0.2) is 15.7 Å². The van der Waals surface area contributed by atoms with E-state index in [4.69, 9.17) is 25.9 Å². The van der Waals surface area contributed by atoms with Gasteiger partial charge in [0.1, 0.15) is 18.1 Å². The van der Waals surface area contributed by atoms with E-state index < -0.39 is 0 Å². The third-order valence-electron chi connectivity index (χ3n) is 6.47. The molecule has 0 radical (unpaired) electrons. The number of benzene rings is 3. The van der Waals surface area contributed by atoms with Crippen LogP contribution in [0.25, 0.3) is 16.9 Å². The molecule has 0 aliphatic heterocycles. The molecule has 0 atom stereocenters. The zero-order valence-electron chi connectivity index (χ0n) is 22.1. The molecule has 0 bridgehead atoms. The fourth-order valence-electron chi connectivity index (χ4n) is 4.33. The number of furan rings is 1. The SMILES string of the molecule is Cc1cc(OCc2ccc(C(=O)NCc3cn(-c4ccccc4)nc3-c3ccccc3)o2)c(C(C)C)cc1Cl. The van der Waals surface area contributed by atoms with E-state index in [-0.39, 0.29) is 24.2 Å². The standard InChI is InChI=1S/C32H30ClN3O3/c1-21(2)27-17-28(33)22(3)16-30(27)38-20-26-14-15-29(39-26)32(37)34-18-24-19-36(25-12-8-5-9-13-25)35-31(24)23-10-6-4-7-11-23/h4-17,19,21H,18,20H2,1-3H3,(H,34,37). The van der Waals surface area contributed by atoms with E-state index in [1.165, 1.54) is 0 Å². The third-order valence-corrected chi connectivity index (χ3v) is 6.87. The second-order valence-electron chi connectivity index (χ2n) is 9.68. The molecule has 3 aromatic carbocycles. The van der Waals surface area contributed by atoms with Crippen LogP contribution in [-0.2, 0) is 13.2 Å². The quantitative estimate of drug-likeness (QED) is 0.208. The number of para-hydroxylation sites is 1. The molecule has 198 valence electrons. The van der Waals surface area contributed by atoms with Gasteiger partial charge in [0.2, 0.25) is 0 Å². The Kier molecular flexibility index (Phi) is 7.84. The number of ether oxygens (including phenoxy) is 1. The highest BCUT2D eigenvalue weighted by atomic mass is 35.5. The maximum atomic E-state index is 13.0. The summed E-state index contributed by atoms with van der Waals surface area (Å²) in [7, 11) is 0. The molecule has 1 amide bonds. The normalized spacial score (nSPS) is 11.1. The molecular formula is C32H30ClN3O3. The molecule has 2 heterocycles. The summed E-state index contributed by atoms with van der Waals surface area (Å²) in [6.07, 6.45) is 1.94. The number of aryl methyl sites for hydroxylation is 1. The molecule has 7 heteroatoms. The molecule has 6 nitrogen and oxygen atoms in total. The molecule has 0 fully saturated rings. The highest BCUT2D eigenvalue weighted by Crippen LogP contribution is 2.32. The van der Waals surface area contributed by atoms with Gasteiger partial charge in [-0.25, -0.2) is 4.68 Å². The Labute approximate surface area is 233 Å². The lowest BCUT2D eigenvalue weighted by molar-refractivity contribution is 0.0919. The molecule has 0 aliphatic carbocycles. The second-order valence-corrected chi connectivity index (χ2v) is 10.1. The minimum absolute atomic E-state index is 0.204. The first-order chi connectivity index (χ1) is 18.9. The third kappa shape index (κ3) is 6.07. The number of carbonyl (C=O) groups excluding carboxylic acids is 1. The van der Waals surface area contributed by atoms with Gasteiger partial charge in [0.15, 0.2) is 5.76 Å². The number of halogens is 1. The van der Waals surface area contributed by atoms with Crippen molar-refractivity contribution >= 4 is 17.5 Å². The maximum absolute atomic E-state index is 13.0. The molecular weight excluding hydrogens is 510 g/mol. The van der Waals surface area contributed by atoms with Gasteiger partial charge in [-0.3, -0.25) is 4.79 Å². The van der Waals surface area contributed by atoms with Crippen LogP contribution in [0.4, 0.5) is 0 Å². The first-order valence-electron chi connectivity index (χ1n) is 12.9. The van der Waals surface area contributed by atoms with Gasteiger partial charge in [0, 0.05) is 28.9 Å². The molecule has 0 saturated carbocycles. The monoisotopic (exact) mass is 539 g/mol. The first kappa shape index (κ1) is 26.3. The minimum atomic E-state index is -0.307. The van der Waals surface area contributed by atoms with Crippen LogP contribution in [0.5, 0.6) is 5.75 Å². The summed E-state index contributed by atoms with van der Waals surface area (Å²) in [5.41, 5.74) is 5.60. The number of carbonyl (C=O) groups is 1. The Bertz CT molecular complexity index is 1570. The van der Waals surface area contributed by atoms with Crippen LogP contribution in [0.15, 0.2) is 95.5 Å². The zero-order chi connectivity index (χ0) is 27.4. The number of nitrogens with zero attached hydrogens (tertiary/aromatic N) is 2. The fourth-order valence-corrected chi connectivity index (χ4v) is 4.50. The predicted octanol–water partition coefficient (Wildman–Crippen LogP) is 7.73.